The zero-order valence-electron chi connectivity index (χ0n) is 11.4. The SMILES string of the molecule is CN(CC(=O)NC[C@H]1CCCO1)c1cc(F)ccc1F. The van der Waals surface area contributed by atoms with E-state index in [1.165, 1.54) is 4.90 Å². The molecule has 110 valence electrons. The molecule has 1 atom stereocenters. The van der Waals surface area contributed by atoms with Crippen molar-refractivity contribution in [2.75, 3.05) is 31.6 Å². The van der Waals surface area contributed by atoms with Gasteiger partial charge in [-0.05, 0) is 25.0 Å². The van der Waals surface area contributed by atoms with E-state index in [9.17, 15) is 13.6 Å². The van der Waals surface area contributed by atoms with Crippen LogP contribution in [-0.4, -0.2) is 38.8 Å². The van der Waals surface area contributed by atoms with Crippen LogP contribution in [0.5, 0.6) is 0 Å². The number of anilines is 1. The Morgan fingerprint density at radius 1 is 1.50 bits per heavy atom. The van der Waals surface area contributed by atoms with Crippen molar-refractivity contribution in [2.45, 2.75) is 18.9 Å². The first-order valence-electron chi connectivity index (χ1n) is 6.61. The smallest absolute Gasteiger partial charge is 0.239 e. The van der Waals surface area contributed by atoms with Crippen LogP contribution in [0.3, 0.4) is 0 Å². The molecular formula is C14H18F2N2O2. The van der Waals surface area contributed by atoms with Crippen molar-refractivity contribution < 1.29 is 18.3 Å². The average molecular weight is 284 g/mol. The van der Waals surface area contributed by atoms with Crippen LogP contribution in [0.15, 0.2) is 18.2 Å². The highest BCUT2D eigenvalue weighted by atomic mass is 19.1. The number of halogens is 2. The number of benzene rings is 1. The number of hydrogen-bond donors (Lipinski definition) is 1. The molecule has 1 aromatic rings. The number of nitrogens with one attached hydrogen (secondary N) is 1. The zero-order chi connectivity index (χ0) is 14.5. The van der Waals surface area contributed by atoms with Crippen LogP contribution in [0.2, 0.25) is 0 Å². The maximum absolute atomic E-state index is 13.5. The minimum absolute atomic E-state index is 0.0346. The van der Waals surface area contributed by atoms with Crippen LogP contribution < -0.4 is 10.2 Å². The van der Waals surface area contributed by atoms with Gasteiger partial charge in [0, 0.05) is 26.3 Å². The van der Waals surface area contributed by atoms with Gasteiger partial charge in [0.1, 0.15) is 11.6 Å². The Kier molecular flexibility index (Phi) is 4.89. The summed E-state index contributed by atoms with van der Waals surface area (Å²) in [5, 5.41) is 2.74. The van der Waals surface area contributed by atoms with Crippen molar-refractivity contribution in [3.63, 3.8) is 0 Å². The molecule has 0 aromatic heterocycles. The van der Waals surface area contributed by atoms with Crippen molar-refractivity contribution in [3.8, 4) is 0 Å². The Bertz CT molecular complexity index is 476. The number of hydrogen-bond acceptors (Lipinski definition) is 3. The lowest BCUT2D eigenvalue weighted by atomic mass is 10.2. The van der Waals surface area contributed by atoms with Crippen molar-refractivity contribution in [3.05, 3.63) is 29.8 Å². The maximum atomic E-state index is 13.5. The van der Waals surface area contributed by atoms with Crippen molar-refractivity contribution in [2.24, 2.45) is 0 Å². The van der Waals surface area contributed by atoms with E-state index in [1.807, 2.05) is 0 Å². The fraction of sp³-hybridized carbons (Fsp3) is 0.500. The molecule has 2 rings (SSSR count). The predicted octanol–water partition coefficient (Wildman–Crippen LogP) is 1.70. The number of rotatable bonds is 5. The van der Waals surface area contributed by atoms with Crippen molar-refractivity contribution in [1.29, 1.82) is 0 Å². The monoisotopic (exact) mass is 284 g/mol. The Balaban J connectivity index is 1.85. The quantitative estimate of drug-likeness (QED) is 0.894. The summed E-state index contributed by atoms with van der Waals surface area (Å²) < 4.78 is 32.0. The van der Waals surface area contributed by atoms with Gasteiger partial charge in [-0.3, -0.25) is 4.79 Å². The lowest BCUT2D eigenvalue weighted by Crippen LogP contribution is -2.39. The number of amides is 1. The molecule has 0 bridgehead atoms. The van der Waals surface area contributed by atoms with Crippen LogP contribution in [-0.2, 0) is 9.53 Å². The van der Waals surface area contributed by atoms with Crippen LogP contribution in [0.1, 0.15) is 12.8 Å². The third kappa shape index (κ3) is 3.90. The average Bonchev–Trinajstić information content (AvgIpc) is 2.92. The largest absolute Gasteiger partial charge is 0.376 e. The van der Waals surface area contributed by atoms with Gasteiger partial charge in [-0.15, -0.1) is 0 Å². The third-order valence-corrected chi connectivity index (χ3v) is 3.25. The predicted molar refractivity (Wildman–Crippen MR) is 71.6 cm³/mol. The summed E-state index contributed by atoms with van der Waals surface area (Å²) in [4.78, 5) is 13.1. The lowest BCUT2D eigenvalue weighted by Gasteiger charge is -2.20. The van der Waals surface area contributed by atoms with Crippen LogP contribution >= 0.6 is 0 Å². The van der Waals surface area contributed by atoms with Gasteiger partial charge < -0.3 is 15.0 Å². The van der Waals surface area contributed by atoms with Gasteiger partial charge in [0.25, 0.3) is 0 Å². The van der Waals surface area contributed by atoms with Crippen molar-refractivity contribution >= 4 is 11.6 Å². The Morgan fingerprint density at radius 3 is 3.00 bits per heavy atom. The Morgan fingerprint density at radius 2 is 2.30 bits per heavy atom. The summed E-state index contributed by atoms with van der Waals surface area (Å²) in [6.07, 6.45) is 2.01. The molecule has 0 unspecified atom stereocenters. The Hall–Kier alpha value is -1.69. The molecule has 1 fully saturated rings. The molecule has 0 aliphatic carbocycles. The highest BCUT2D eigenvalue weighted by molar-refractivity contribution is 5.81. The normalized spacial score (nSPS) is 18.1. The first-order chi connectivity index (χ1) is 9.56. The molecule has 1 aliphatic rings. The van der Waals surface area contributed by atoms with Crippen molar-refractivity contribution in [1.82, 2.24) is 5.32 Å². The molecule has 20 heavy (non-hydrogen) atoms. The molecule has 1 N–H and O–H groups in total. The van der Waals surface area contributed by atoms with Crippen LogP contribution in [0.4, 0.5) is 14.5 Å². The summed E-state index contributed by atoms with van der Waals surface area (Å²) in [6.45, 7) is 1.15. The highest BCUT2D eigenvalue weighted by Gasteiger charge is 2.17. The van der Waals surface area contributed by atoms with Gasteiger partial charge in [-0.2, -0.15) is 0 Å². The summed E-state index contributed by atoms with van der Waals surface area (Å²) in [7, 11) is 1.55. The minimum Gasteiger partial charge on any atom is -0.376 e. The number of ether oxygens (including phenoxy) is 1. The molecule has 1 aliphatic heterocycles. The highest BCUT2D eigenvalue weighted by Crippen LogP contribution is 2.18. The van der Waals surface area contributed by atoms with Gasteiger partial charge >= 0.3 is 0 Å². The Labute approximate surface area is 116 Å². The summed E-state index contributed by atoms with van der Waals surface area (Å²) >= 11 is 0. The summed E-state index contributed by atoms with van der Waals surface area (Å²) in [6, 6.07) is 3.16. The molecule has 4 nitrogen and oxygen atoms in total. The summed E-state index contributed by atoms with van der Waals surface area (Å²) in [5.74, 6) is -1.33. The molecule has 6 heteroatoms. The van der Waals surface area contributed by atoms with E-state index in [0.717, 1.165) is 37.6 Å². The zero-order valence-corrected chi connectivity index (χ0v) is 11.4. The fourth-order valence-electron chi connectivity index (χ4n) is 2.17. The van der Waals surface area contributed by atoms with E-state index in [2.05, 4.69) is 5.32 Å². The minimum atomic E-state index is -0.555. The second-order valence-electron chi connectivity index (χ2n) is 4.89. The lowest BCUT2D eigenvalue weighted by molar-refractivity contribution is -0.120. The molecule has 1 heterocycles. The molecule has 1 amide bonds. The van der Waals surface area contributed by atoms with Gasteiger partial charge in [0.2, 0.25) is 5.91 Å². The number of likely N-dealkylation sites (N-methyl/N-ethyl adjacent to an activating group) is 1. The van der Waals surface area contributed by atoms with E-state index in [4.69, 9.17) is 4.74 Å². The van der Waals surface area contributed by atoms with E-state index < -0.39 is 11.6 Å². The van der Waals surface area contributed by atoms with Crippen LogP contribution in [0, 0.1) is 11.6 Å². The first-order valence-corrected chi connectivity index (χ1v) is 6.61. The number of carbonyl (C=O) groups excluding carboxylic acids is 1. The van der Waals surface area contributed by atoms with Gasteiger partial charge in [-0.1, -0.05) is 0 Å². The standard InChI is InChI=1S/C14H18F2N2O2/c1-18(13-7-10(15)4-5-12(13)16)9-14(19)17-8-11-3-2-6-20-11/h4-5,7,11H,2-3,6,8-9H2,1H3,(H,17,19)/t11-/m1/s1. The van der Waals surface area contributed by atoms with Gasteiger partial charge in [0.05, 0.1) is 18.3 Å². The van der Waals surface area contributed by atoms with Gasteiger partial charge in [-0.25, -0.2) is 8.78 Å². The molecule has 0 spiro atoms. The second-order valence-corrected chi connectivity index (χ2v) is 4.89. The van der Waals surface area contributed by atoms with E-state index in [1.54, 1.807) is 7.05 Å². The first kappa shape index (κ1) is 14.7. The van der Waals surface area contributed by atoms with Gasteiger partial charge in [0.15, 0.2) is 0 Å². The second kappa shape index (κ2) is 6.65. The molecule has 0 saturated carbocycles. The van der Waals surface area contributed by atoms with E-state index >= 15 is 0 Å². The fourth-order valence-corrected chi connectivity index (χ4v) is 2.17. The molecule has 0 radical (unpaired) electrons. The molecule has 1 aromatic carbocycles. The third-order valence-electron chi connectivity index (χ3n) is 3.25. The topological polar surface area (TPSA) is 41.6 Å². The number of nitrogens with zero attached hydrogens (tertiary/aromatic N) is 1. The molecule has 1 saturated heterocycles. The van der Waals surface area contributed by atoms with E-state index in [-0.39, 0.29) is 24.2 Å². The summed E-state index contributed by atoms with van der Waals surface area (Å²) in [5.41, 5.74) is 0.0669. The number of carbonyl (C=O) groups is 1. The molecular weight excluding hydrogens is 266 g/mol. The van der Waals surface area contributed by atoms with Crippen LogP contribution in [0.25, 0.3) is 0 Å². The van der Waals surface area contributed by atoms with E-state index in [0.29, 0.717) is 6.54 Å². The maximum Gasteiger partial charge on any atom is 0.239 e.